The van der Waals surface area contributed by atoms with Crippen LogP contribution in [0.3, 0.4) is 0 Å². The molecule has 0 amide bonds. The van der Waals surface area contributed by atoms with Crippen LogP contribution in [0.1, 0.15) is 25.6 Å². The molecule has 0 aromatic carbocycles. The molecule has 1 aromatic heterocycles. The molecule has 1 aromatic rings. The van der Waals surface area contributed by atoms with Crippen LogP contribution in [0.2, 0.25) is 0 Å². The highest BCUT2D eigenvalue weighted by Gasteiger charge is 2.27. The van der Waals surface area contributed by atoms with Gasteiger partial charge in [0.25, 0.3) is 0 Å². The predicted octanol–water partition coefficient (Wildman–Crippen LogP) is 0.984. The summed E-state index contributed by atoms with van der Waals surface area (Å²) in [6.07, 6.45) is 4.28. The third-order valence-corrected chi connectivity index (χ3v) is 3.67. The topological polar surface area (TPSA) is 70.8 Å². The van der Waals surface area contributed by atoms with Gasteiger partial charge in [-0.15, -0.1) is 5.10 Å². The van der Waals surface area contributed by atoms with Crippen LogP contribution in [-0.2, 0) is 5.75 Å². The van der Waals surface area contributed by atoms with E-state index in [1.807, 2.05) is 0 Å². The number of anilines is 1. The number of nitrogens with zero attached hydrogens (tertiary/aromatic N) is 3. The van der Waals surface area contributed by atoms with Gasteiger partial charge in [0.2, 0.25) is 5.95 Å². The normalized spacial score (nSPS) is 26.1. The molecule has 0 aliphatic carbocycles. The van der Waals surface area contributed by atoms with Crippen LogP contribution in [0.25, 0.3) is 0 Å². The quantitative estimate of drug-likeness (QED) is 0.825. The van der Waals surface area contributed by atoms with Crippen LogP contribution in [0.4, 0.5) is 5.95 Å². The third-order valence-electron chi connectivity index (χ3n) is 3.11. The molecule has 1 fully saturated rings. The molecule has 2 rings (SSSR count). The summed E-state index contributed by atoms with van der Waals surface area (Å²) >= 11 is 1.74. The van der Waals surface area contributed by atoms with Crippen molar-refractivity contribution in [3.63, 3.8) is 0 Å². The first-order valence-electron chi connectivity index (χ1n) is 5.65. The Labute approximate surface area is 100 Å². The molecule has 2 atom stereocenters. The molecular formula is C10H19N5S. The molecule has 3 N–H and O–H groups in total. The van der Waals surface area contributed by atoms with Gasteiger partial charge in [0.15, 0.2) is 0 Å². The van der Waals surface area contributed by atoms with Crippen molar-refractivity contribution in [1.29, 1.82) is 0 Å². The molecule has 5 nitrogen and oxygen atoms in total. The van der Waals surface area contributed by atoms with E-state index in [0.717, 1.165) is 36.9 Å². The summed E-state index contributed by atoms with van der Waals surface area (Å²) in [6, 6.07) is 0.558. The molecule has 16 heavy (non-hydrogen) atoms. The number of aromatic amines is 1. The SMILES string of the molecule is CSCc1nc(N2CCCC(N)C2C)n[nH]1. The zero-order valence-corrected chi connectivity index (χ0v) is 10.6. The van der Waals surface area contributed by atoms with Gasteiger partial charge in [-0.3, -0.25) is 5.10 Å². The fourth-order valence-electron chi connectivity index (χ4n) is 2.07. The zero-order valence-electron chi connectivity index (χ0n) is 9.81. The average Bonchev–Trinajstić information content (AvgIpc) is 2.71. The van der Waals surface area contributed by atoms with E-state index in [-0.39, 0.29) is 6.04 Å². The number of hydrogen-bond acceptors (Lipinski definition) is 5. The summed E-state index contributed by atoms with van der Waals surface area (Å²) in [5, 5.41) is 7.24. The lowest BCUT2D eigenvalue weighted by Gasteiger charge is -2.36. The second kappa shape index (κ2) is 5.05. The second-order valence-corrected chi connectivity index (χ2v) is 5.12. The van der Waals surface area contributed by atoms with E-state index in [0.29, 0.717) is 6.04 Å². The van der Waals surface area contributed by atoms with Gasteiger partial charge in [-0.25, -0.2) is 0 Å². The van der Waals surface area contributed by atoms with E-state index in [9.17, 15) is 0 Å². The summed E-state index contributed by atoms with van der Waals surface area (Å²) in [5.41, 5.74) is 6.06. The first-order chi connectivity index (χ1) is 7.72. The van der Waals surface area contributed by atoms with E-state index in [2.05, 4.69) is 33.3 Å². The van der Waals surface area contributed by atoms with Gasteiger partial charge in [0.05, 0.1) is 5.75 Å². The molecule has 1 aliphatic heterocycles. The maximum absolute atomic E-state index is 6.06. The van der Waals surface area contributed by atoms with Gasteiger partial charge >= 0.3 is 0 Å². The average molecular weight is 241 g/mol. The number of piperidine rings is 1. The number of thioether (sulfide) groups is 1. The number of hydrogen-bond donors (Lipinski definition) is 2. The highest BCUT2D eigenvalue weighted by Crippen LogP contribution is 2.21. The lowest BCUT2D eigenvalue weighted by atomic mass is 9.99. The minimum absolute atomic E-state index is 0.233. The number of nitrogens with one attached hydrogen (secondary N) is 1. The van der Waals surface area contributed by atoms with E-state index in [1.54, 1.807) is 11.8 Å². The Balaban J connectivity index is 2.09. The number of nitrogens with two attached hydrogens (primary N) is 1. The number of aromatic nitrogens is 3. The van der Waals surface area contributed by atoms with Crippen LogP contribution >= 0.6 is 11.8 Å². The highest BCUT2D eigenvalue weighted by molar-refractivity contribution is 7.97. The standard InChI is InChI=1S/C10H19N5S/c1-7-8(11)4-3-5-15(7)10-12-9(6-16-2)13-14-10/h7-8H,3-6,11H2,1-2H3,(H,12,13,14). The molecule has 0 bridgehead atoms. The van der Waals surface area contributed by atoms with E-state index in [1.165, 1.54) is 0 Å². The first kappa shape index (κ1) is 11.7. The molecule has 90 valence electrons. The molecule has 1 saturated heterocycles. The molecule has 2 unspecified atom stereocenters. The molecule has 0 saturated carbocycles. The van der Waals surface area contributed by atoms with Crippen molar-refractivity contribution in [2.75, 3.05) is 17.7 Å². The van der Waals surface area contributed by atoms with Crippen LogP contribution in [-0.4, -0.2) is 40.1 Å². The zero-order chi connectivity index (χ0) is 11.5. The van der Waals surface area contributed by atoms with Crippen LogP contribution in [0.5, 0.6) is 0 Å². The molecule has 6 heteroatoms. The van der Waals surface area contributed by atoms with E-state index >= 15 is 0 Å². The summed E-state index contributed by atoms with van der Waals surface area (Å²) in [7, 11) is 0. The first-order valence-corrected chi connectivity index (χ1v) is 7.04. The number of H-pyrrole nitrogens is 1. The lowest BCUT2D eigenvalue weighted by Crippen LogP contribution is -2.50. The molecule has 1 aliphatic rings. The van der Waals surface area contributed by atoms with Crippen LogP contribution < -0.4 is 10.6 Å². The highest BCUT2D eigenvalue weighted by atomic mass is 32.2. The minimum Gasteiger partial charge on any atom is -0.335 e. The molecule has 0 radical (unpaired) electrons. The second-order valence-electron chi connectivity index (χ2n) is 4.26. The third kappa shape index (κ3) is 2.32. The van der Waals surface area contributed by atoms with Gasteiger partial charge in [0, 0.05) is 18.6 Å². The van der Waals surface area contributed by atoms with Crippen LogP contribution in [0, 0.1) is 0 Å². The molecular weight excluding hydrogens is 222 g/mol. The summed E-state index contributed by atoms with van der Waals surface area (Å²) in [5.74, 6) is 2.61. The van der Waals surface area contributed by atoms with Gasteiger partial charge in [-0.05, 0) is 26.0 Å². The van der Waals surface area contributed by atoms with Crippen molar-refractivity contribution >= 4 is 17.7 Å². The maximum Gasteiger partial charge on any atom is 0.245 e. The van der Waals surface area contributed by atoms with Gasteiger partial charge in [-0.2, -0.15) is 16.7 Å². The fraction of sp³-hybridized carbons (Fsp3) is 0.800. The van der Waals surface area contributed by atoms with Crippen molar-refractivity contribution in [1.82, 2.24) is 15.2 Å². The van der Waals surface area contributed by atoms with E-state index in [4.69, 9.17) is 5.73 Å². The Morgan fingerprint density at radius 3 is 3.19 bits per heavy atom. The van der Waals surface area contributed by atoms with Crippen molar-refractivity contribution in [2.45, 2.75) is 37.6 Å². The van der Waals surface area contributed by atoms with Gasteiger partial charge in [-0.1, -0.05) is 0 Å². The largest absolute Gasteiger partial charge is 0.335 e. The van der Waals surface area contributed by atoms with Crippen molar-refractivity contribution in [3.05, 3.63) is 5.82 Å². The van der Waals surface area contributed by atoms with E-state index < -0.39 is 0 Å². The molecule has 2 heterocycles. The lowest BCUT2D eigenvalue weighted by molar-refractivity contribution is 0.416. The summed E-state index contributed by atoms with van der Waals surface area (Å²) < 4.78 is 0. The maximum atomic E-state index is 6.06. The fourth-order valence-corrected chi connectivity index (χ4v) is 2.47. The summed E-state index contributed by atoms with van der Waals surface area (Å²) in [4.78, 5) is 6.69. The Morgan fingerprint density at radius 2 is 2.44 bits per heavy atom. The monoisotopic (exact) mass is 241 g/mol. The molecule has 0 spiro atoms. The van der Waals surface area contributed by atoms with Crippen LogP contribution in [0.15, 0.2) is 0 Å². The smallest absolute Gasteiger partial charge is 0.245 e. The minimum atomic E-state index is 0.233. The van der Waals surface area contributed by atoms with Crippen molar-refractivity contribution in [3.8, 4) is 0 Å². The van der Waals surface area contributed by atoms with Gasteiger partial charge < -0.3 is 10.6 Å². The van der Waals surface area contributed by atoms with Gasteiger partial charge in [0.1, 0.15) is 5.82 Å². The van der Waals surface area contributed by atoms with Crippen molar-refractivity contribution in [2.24, 2.45) is 5.73 Å². The Kier molecular flexibility index (Phi) is 3.70. The summed E-state index contributed by atoms with van der Waals surface area (Å²) in [6.45, 7) is 3.15. The Morgan fingerprint density at radius 1 is 1.62 bits per heavy atom. The van der Waals surface area contributed by atoms with Crippen molar-refractivity contribution < 1.29 is 0 Å². The Bertz CT molecular complexity index is 340. The number of rotatable bonds is 3. The Hall–Kier alpha value is -0.750. The predicted molar refractivity (Wildman–Crippen MR) is 67.6 cm³/mol.